The van der Waals surface area contributed by atoms with Gasteiger partial charge in [0.05, 0.1) is 29.9 Å². The van der Waals surface area contributed by atoms with E-state index < -0.39 is 0 Å². The Bertz CT molecular complexity index is 5560. The summed E-state index contributed by atoms with van der Waals surface area (Å²) in [5, 5.41) is 0. The van der Waals surface area contributed by atoms with E-state index >= 15 is 0 Å². The van der Waals surface area contributed by atoms with Gasteiger partial charge in [0.25, 0.3) is 0 Å². The third kappa shape index (κ3) is 24.2. The zero-order valence-electron chi connectivity index (χ0n) is 81.0. The van der Waals surface area contributed by atoms with Gasteiger partial charge in [0, 0.05) is 169 Å². The zero-order chi connectivity index (χ0) is 92.6. The summed E-state index contributed by atoms with van der Waals surface area (Å²) < 4.78 is 5.15. The Kier molecular flexibility index (Phi) is 31.2. The Morgan fingerprint density at radius 2 is 0.538 bits per heavy atom. The fourth-order valence-electron chi connectivity index (χ4n) is 18.0. The molecule has 130 heavy (non-hydrogen) atoms. The van der Waals surface area contributed by atoms with Crippen LogP contribution in [0.15, 0.2) is 359 Å². The molecule has 0 N–H and O–H groups in total. The topological polar surface area (TPSA) is 41.6 Å². The Hall–Kier alpha value is -12.3. The van der Waals surface area contributed by atoms with E-state index in [-0.39, 0.29) is 10.8 Å². The first kappa shape index (κ1) is 95.3. The fraction of sp³-hybridized carbons (Fsp3) is 0.282. The summed E-state index contributed by atoms with van der Waals surface area (Å²) in [5.41, 5.74) is 29.6. The first-order valence-electron chi connectivity index (χ1n) is 45.7. The number of rotatable bonds is 17. The van der Waals surface area contributed by atoms with E-state index in [9.17, 15) is 0 Å². The predicted molar refractivity (Wildman–Crippen MR) is 566 cm³/mol. The zero-order valence-corrected chi connectivity index (χ0v) is 82.6. The highest BCUT2D eigenvalue weighted by Gasteiger charge is 2.31. The van der Waals surface area contributed by atoms with Crippen molar-refractivity contribution in [1.82, 2.24) is 4.90 Å². The van der Waals surface area contributed by atoms with Gasteiger partial charge in [0.2, 0.25) is 0 Å². The number of ether oxygens (including phenoxy) is 1. The van der Waals surface area contributed by atoms with Crippen LogP contribution < -0.4 is 48.8 Å². The monoisotopic (exact) mass is 1760 g/mol. The second-order valence-corrected chi connectivity index (χ2v) is 40.9. The van der Waals surface area contributed by atoms with Gasteiger partial charge < -0.3 is 53.7 Å². The molecular weight excluding hydrogens is 1630 g/mol. The number of aryl methyl sites for hydroxylation is 1. The van der Waals surface area contributed by atoms with Crippen molar-refractivity contribution in [3.63, 3.8) is 0 Å². The molecule has 11 nitrogen and oxygen atoms in total. The molecule has 4 heterocycles. The highest BCUT2D eigenvalue weighted by atomic mass is 32.2. The van der Waals surface area contributed by atoms with Gasteiger partial charge in [0.15, 0.2) is 0 Å². The summed E-state index contributed by atoms with van der Waals surface area (Å²) in [6.45, 7) is 28.1. The van der Waals surface area contributed by atoms with Gasteiger partial charge in [-0.05, 0) is 315 Å². The highest BCUT2D eigenvalue weighted by molar-refractivity contribution is 8.00. The summed E-state index contributed by atoms with van der Waals surface area (Å²) >= 11 is 3.67. The lowest BCUT2D eigenvalue weighted by Gasteiger charge is -2.33. The number of hydrogen-bond acceptors (Lipinski definition) is 13. The van der Waals surface area contributed by atoms with Gasteiger partial charge in [-0.2, -0.15) is 0 Å². The van der Waals surface area contributed by atoms with E-state index in [2.05, 4.69) is 523 Å². The minimum atomic E-state index is 0.176. The van der Waals surface area contributed by atoms with Crippen LogP contribution in [0.5, 0.6) is 5.75 Å². The van der Waals surface area contributed by atoms with Crippen LogP contribution in [0.4, 0.5) is 102 Å². The molecule has 1 fully saturated rings. The molecule has 0 aliphatic carbocycles. The van der Waals surface area contributed by atoms with Crippen molar-refractivity contribution in [2.45, 2.75) is 139 Å². The van der Waals surface area contributed by atoms with Gasteiger partial charge in [-0.15, -0.1) is 0 Å². The minimum absolute atomic E-state index is 0.176. The molecule has 13 heteroatoms. The van der Waals surface area contributed by atoms with Crippen molar-refractivity contribution >= 4 is 126 Å². The second kappa shape index (κ2) is 42.5. The van der Waals surface area contributed by atoms with Crippen LogP contribution in [-0.2, 0) is 17.3 Å². The molecule has 14 aromatic carbocycles. The average molecular weight is 1760 g/mol. The van der Waals surface area contributed by atoms with Gasteiger partial charge >= 0.3 is 0 Å². The fourth-order valence-corrected chi connectivity index (χ4v) is 20.2. The smallest absolute Gasteiger partial charge is 0.119 e. The van der Waals surface area contributed by atoms with Crippen LogP contribution in [0.3, 0.4) is 0 Å². The Morgan fingerprint density at radius 1 is 0.292 bits per heavy atom. The molecule has 0 atom stereocenters. The van der Waals surface area contributed by atoms with E-state index in [0.717, 1.165) is 40.6 Å². The van der Waals surface area contributed by atoms with Crippen LogP contribution in [-0.4, -0.2) is 95.6 Å². The van der Waals surface area contributed by atoms with Gasteiger partial charge in [-0.3, -0.25) is 0 Å². The third-order valence-corrected chi connectivity index (χ3v) is 26.9. The summed E-state index contributed by atoms with van der Waals surface area (Å²) in [7, 11) is 22.7. The van der Waals surface area contributed by atoms with E-state index in [1.807, 2.05) is 35.7 Å². The second-order valence-electron chi connectivity index (χ2n) is 38.7. The van der Waals surface area contributed by atoms with Gasteiger partial charge in [-0.1, -0.05) is 220 Å². The number of benzene rings is 14. The standard InChI is InChI=1S/C37H27N3S2.C29H45N.C17H23N3.C15H17NO.C14H13N.C5H11N/c1-38(26-18-22-28(23-19-26)39-30-10-2-6-14-34(30)41-35-15-7-3-11-31(35)39)27-20-24-29(25-21-27)40-32-12-4-8-16-36(32)42-37-17-9-5-13-33(37)40;1-26(2,3)20-28(7,8)22-12-16-24(17-13-22)30(11)25-18-14-23(15-19-25)29(9,10)21-27(4,5)6;1-18(2)14-6-10-16(11-7-14)20(5)17-12-8-15(9-13-17)19(3)4;1-12-4-6-13(7-5-12)16(2)14-8-10-15(17-3)11-9-14;1-15-13-8-4-2-6-11(13)10-12-7-3-5-9-14(12)15;1-6-4-2-3-5-6/h2-25H,1H3;12-19H,20-21H2,1-11H3;6-13H,1-5H3;4-11H,1-3H3;2-9H,10H2,1H3;2-5H2,1H3. The number of likely N-dealkylation sites (tertiary alicyclic amines) is 1. The summed E-state index contributed by atoms with van der Waals surface area (Å²) in [5.74, 6) is 0.881. The maximum Gasteiger partial charge on any atom is 0.119 e. The third-order valence-electron chi connectivity index (χ3n) is 24.7. The lowest BCUT2D eigenvalue weighted by Crippen LogP contribution is -2.25. The van der Waals surface area contributed by atoms with Crippen molar-refractivity contribution in [1.29, 1.82) is 0 Å². The lowest BCUT2D eigenvalue weighted by atomic mass is 9.72. The lowest BCUT2D eigenvalue weighted by molar-refractivity contribution is 0.283. The van der Waals surface area contributed by atoms with Gasteiger partial charge in [-0.25, -0.2) is 0 Å². The van der Waals surface area contributed by atoms with Gasteiger partial charge in [0.1, 0.15) is 5.75 Å². The molecule has 0 aromatic heterocycles. The molecule has 14 aromatic rings. The van der Waals surface area contributed by atoms with Crippen LogP contribution >= 0.6 is 23.5 Å². The summed E-state index contributed by atoms with van der Waals surface area (Å²) in [4.78, 5) is 27.5. The summed E-state index contributed by atoms with van der Waals surface area (Å²) in [6, 6.07) is 121. The maximum atomic E-state index is 5.15. The van der Waals surface area contributed by atoms with E-state index in [1.165, 1.54) is 160 Å². The van der Waals surface area contributed by atoms with Crippen molar-refractivity contribution < 1.29 is 4.74 Å². The Balaban J connectivity index is 0.000000143. The first-order valence-corrected chi connectivity index (χ1v) is 47.3. The molecule has 0 radical (unpaired) electrons. The molecule has 0 amide bonds. The maximum absolute atomic E-state index is 5.15. The number of nitrogens with zero attached hydrogens (tertiary/aromatic N) is 10. The van der Waals surface area contributed by atoms with Crippen LogP contribution in [0.25, 0.3) is 0 Å². The Labute approximate surface area is 787 Å². The van der Waals surface area contributed by atoms with Crippen molar-refractivity contribution in [3.8, 4) is 5.75 Å². The quantitative estimate of drug-likeness (QED) is 0.0870. The predicted octanol–water partition coefficient (Wildman–Crippen LogP) is 31.6. The van der Waals surface area contributed by atoms with E-state index in [4.69, 9.17) is 4.74 Å². The molecule has 18 rings (SSSR count). The number of para-hydroxylation sites is 6. The Morgan fingerprint density at radius 3 is 0.808 bits per heavy atom. The van der Waals surface area contributed by atoms with Crippen LogP contribution in [0.1, 0.15) is 123 Å². The average Bonchev–Trinajstić information content (AvgIpc) is 0.777. The molecule has 1 saturated heterocycles. The van der Waals surface area contributed by atoms with Crippen LogP contribution in [0.2, 0.25) is 0 Å². The molecule has 4 aliphatic heterocycles. The minimum Gasteiger partial charge on any atom is -0.497 e. The van der Waals surface area contributed by atoms with E-state index in [1.54, 1.807) is 7.11 Å². The number of methoxy groups -OCH3 is 1. The van der Waals surface area contributed by atoms with Crippen LogP contribution in [0, 0.1) is 17.8 Å². The van der Waals surface area contributed by atoms with Crippen molar-refractivity contribution in [2.75, 3.05) is 135 Å². The number of fused-ring (bicyclic) bond motifs is 6. The molecule has 0 spiro atoms. The summed E-state index contributed by atoms with van der Waals surface area (Å²) in [6.07, 6.45) is 6.21. The first-order chi connectivity index (χ1) is 62.2. The van der Waals surface area contributed by atoms with E-state index in [0.29, 0.717) is 10.8 Å². The molecule has 672 valence electrons. The molecule has 0 saturated carbocycles. The molecule has 4 aliphatic rings. The normalized spacial score (nSPS) is 12.9. The number of anilines is 18. The molecule has 0 bridgehead atoms. The van der Waals surface area contributed by atoms with Crippen molar-refractivity contribution in [3.05, 3.63) is 368 Å². The largest absolute Gasteiger partial charge is 0.497 e. The molecular formula is C117H136N10OS2. The molecule has 0 unspecified atom stereocenters. The highest BCUT2D eigenvalue weighted by Crippen LogP contribution is 2.54. The van der Waals surface area contributed by atoms with Crippen molar-refractivity contribution in [2.24, 2.45) is 10.8 Å². The number of hydrogen-bond donors (Lipinski definition) is 0. The SMILES string of the molecule is CN(C)c1ccc(N(C)c2ccc(N(C)C)cc2)cc1.CN(c1ccc(C(C)(C)CC(C)(C)C)cc1)c1ccc(C(C)(C)CC(C)(C)C)cc1.CN(c1ccc(N2c3ccccc3Sc3ccccc32)cc1)c1ccc(N2c3ccccc3Sc3ccccc32)cc1.CN1CCCC1.CN1c2ccccc2Cc2ccccc21.COc1ccc(N(C)c2ccc(C)cc2)cc1.